The molecule has 0 bridgehead atoms. The van der Waals surface area contributed by atoms with Crippen molar-refractivity contribution in [1.29, 1.82) is 0 Å². The van der Waals surface area contributed by atoms with Crippen LogP contribution in [0.4, 0.5) is 0 Å². The molecule has 1 amide bonds. The van der Waals surface area contributed by atoms with E-state index < -0.39 is 5.97 Å². The summed E-state index contributed by atoms with van der Waals surface area (Å²) in [6, 6.07) is 17.4. The number of amides is 1. The lowest BCUT2D eigenvalue weighted by atomic mass is 10.0. The van der Waals surface area contributed by atoms with Crippen LogP contribution in [0.5, 0.6) is 0 Å². The Morgan fingerprint density at radius 1 is 1.07 bits per heavy atom. The fourth-order valence-electron chi connectivity index (χ4n) is 3.07. The number of fused-ring (bicyclic) bond motifs is 1. The minimum atomic E-state index is -0.521. The minimum Gasteiger partial charge on any atom is -0.452 e. The molecule has 0 spiro atoms. The van der Waals surface area contributed by atoms with E-state index in [1.807, 2.05) is 69.3 Å². The fraction of sp³-hybridized carbons (Fsp3) is 0.261. The number of rotatable bonds is 6. The highest BCUT2D eigenvalue weighted by Crippen LogP contribution is 2.21. The third-order valence-corrected chi connectivity index (χ3v) is 4.62. The molecule has 0 saturated carbocycles. The Balaban J connectivity index is 1.60. The average Bonchev–Trinajstić information content (AvgIpc) is 2.70. The highest BCUT2D eigenvalue weighted by molar-refractivity contribution is 6.04. The lowest BCUT2D eigenvalue weighted by Crippen LogP contribution is -2.31. The fourth-order valence-corrected chi connectivity index (χ4v) is 3.07. The number of pyridine rings is 1. The highest BCUT2D eigenvalue weighted by Gasteiger charge is 2.16. The summed E-state index contributed by atoms with van der Waals surface area (Å²) in [4.78, 5) is 29.1. The molecular weight excluding hydrogens is 352 g/mol. The normalized spacial score (nSPS) is 11.8. The summed E-state index contributed by atoms with van der Waals surface area (Å²) < 4.78 is 5.25. The lowest BCUT2D eigenvalue weighted by molar-refractivity contribution is -0.124. The number of aromatic nitrogens is 1. The summed E-state index contributed by atoms with van der Waals surface area (Å²) in [5, 5.41) is 3.55. The maximum absolute atomic E-state index is 12.6. The van der Waals surface area contributed by atoms with Gasteiger partial charge in [-0.2, -0.15) is 0 Å². The second kappa shape index (κ2) is 8.65. The van der Waals surface area contributed by atoms with Crippen LogP contribution in [0, 0.1) is 13.8 Å². The van der Waals surface area contributed by atoms with Gasteiger partial charge in [0.05, 0.1) is 11.1 Å². The van der Waals surface area contributed by atoms with Crippen LogP contribution in [0.1, 0.15) is 40.0 Å². The number of carbonyl (C=O) groups is 2. The zero-order valence-corrected chi connectivity index (χ0v) is 16.4. The topological polar surface area (TPSA) is 68.3 Å². The molecule has 1 atom stereocenters. The molecule has 0 saturated heterocycles. The lowest BCUT2D eigenvalue weighted by Gasteiger charge is -2.13. The number of hydrogen-bond acceptors (Lipinski definition) is 4. The zero-order chi connectivity index (χ0) is 20.1. The quantitative estimate of drug-likeness (QED) is 0.662. The van der Waals surface area contributed by atoms with Gasteiger partial charge in [0.1, 0.15) is 0 Å². The second-order valence-electron chi connectivity index (χ2n) is 7.02. The number of benzene rings is 2. The van der Waals surface area contributed by atoms with Gasteiger partial charge in [0, 0.05) is 17.6 Å². The van der Waals surface area contributed by atoms with Gasteiger partial charge in [-0.05, 0) is 43.5 Å². The third kappa shape index (κ3) is 4.74. The van der Waals surface area contributed by atoms with Gasteiger partial charge < -0.3 is 10.1 Å². The van der Waals surface area contributed by atoms with Crippen LogP contribution in [-0.2, 0) is 9.53 Å². The molecule has 144 valence electrons. The number of nitrogens with one attached hydrogen (secondary N) is 1. The van der Waals surface area contributed by atoms with Gasteiger partial charge in [0.15, 0.2) is 6.61 Å². The number of carbonyl (C=O) groups excluding carboxylic acids is 2. The summed E-state index contributed by atoms with van der Waals surface area (Å²) >= 11 is 0. The number of esters is 1. The van der Waals surface area contributed by atoms with Crippen molar-refractivity contribution < 1.29 is 14.3 Å². The number of ether oxygens (including phenoxy) is 1. The number of nitrogens with zero attached hydrogens (tertiary/aromatic N) is 1. The first-order chi connectivity index (χ1) is 13.4. The minimum absolute atomic E-state index is 0.176. The molecule has 1 heterocycles. The van der Waals surface area contributed by atoms with Crippen molar-refractivity contribution >= 4 is 22.8 Å². The van der Waals surface area contributed by atoms with Crippen molar-refractivity contribution in [1.82, 2.24) is 10.3 Å². The van der Waals surface area contributed by atoms with Gasteiger partial charge in [0.25, 0.3) is 5.91 Å². The third-order valence-electron chi connectivity index (χ3n) is 4.62. The highest BCUT2D eigenvalue weighted by atomic mass is 16.5. The molecule has 2 aromatic carbocycles. The summed E-state index contributed by atoms with van der Waals surface area (Å²) in [6.45, 7) is 5.99. The molecule has 28 heavy (non-hydrogen) atoms. The maximum Gasteiger partial charge on any atom is 0.339 e. The first-order valence-electron chi connectivity index (χ1n) is 9.31. The van der Waals surface area contributed by atoms with E-state index in [2.05, 4.69) is 10.3 Å². The van der Waals surface area contributed by atoms with E-state index in [1.54, 1.807) is 6.07 Å². The van der Waals surface area contributed by atoms with Crippen LogP contribution in [0.15, 0.2) is 54.6 Å². The molecule has 3 aromatic rings. The second-order valence-corrected chi connectivity index (χ2v) is 7.02. The first kappa shape index (κ1) is 19.5. The summed E-state index contributed by atoms with van der Waals surface area (Å²) in [5.74, 6) is -0.662. The van der Waals surface area contributed by atoms with Gasteiger partial charge in [0.2, 0.25) is 0 Å². The molecule has 0 fully saturated rings. The van der Waals surface area contributed by atoms with E-state index in [4.69, 9.17) is 4.74 Å². The molecule has 0 unspecified atom stereocenters. The van der Waals surface area contributed by atoms with Crippen molar-refractivity contribution in [2.75, 3.05) is 13.2 Å². The Hall–Kier alpha value is -3.21. The molecule has 1 N–H and O–H groups in total. The van der Waals surface area contributed by atoms with E-state index >= 15 is 0 Å². The summed E-state index contributed by atoms with van der Waals surface area (Å²) in [6.07, 6.45) is 0. The van der Waals surface area contributed by atoms with Crippen molar-refractivity contribution in [3.63, 3.8) is 0 Å². The Morgan fingerprint density at radius 3 is 2.57 bits per heavy atom. The molecule has 0 aliphatic heterocycles. The van der Waals surface area contributed by atoms with Crippen molar-refractivity contribution in [3.05, 3.63) is 77.0 Å². The van der Waals surface area contributed by atoms with E-state index in [0.717, 1.165) is 27.7 Å². The Kier molecular flexibility index (Phi) is 6.04. The van der Waals surface area contributed by atoms with Crippen LogP contribution in [-0.4, -0.2) is 30.0 Å². The van der Waals surface area contributed by atoms with Gasteiger partial charge in [-0.15, -0.1) is 0 Å². The van der Waals surface area contributed by atoms with Crippen molar-refractivity contribution in [2.45, 2.75) is 26.7 Å². The molecule has 1 aromatic heterocycles. The van der Waals surface area contributed by atoms with Gasteiger partial charge >= 0.3 is 5.97 Å². The van der Waals surface area contributed by atoms with Crippen LogP contribution >= 0.6 is 0 Å². The van der Waals surface area contributed by atoms with Crippen LogP contribution < -0.4 is 5.32 Å². The summed E-state index contributed by atoms with van der Waals surface area (Å²) in [5.41, 5.74) is 4.06. The molecule has 5 nitrogen and oxygen atoms in total. The van der Waals surface area contributed by atoms with Crippen LogP contribution in [0.3, 0.4) is 0 Å². The number of aryl methyl sites for hydroxylation is 2. The molecule has 5 heteroatoms. The summed E-state index contributed by atoms with van der Waals surface area (Å²) in [7, 11) is 0. The molecule has 3 rings (SSSR count). The Labute approximate surface area is 164 Å². The zero-order valence-electron chi connectivity index (χ0n) is 16.4. The van der Waals surface area contributed by atoms with Crippen LogP contribution in [0.25, 0.3) is 10.9 Å². The maximum atomic E-state index is 12.6. The van der Waals surface area contributed by atoms with Gasteiger partial charge in [-0.3, -0.25) is 9.78 Å². The monoisotopic (exact) mass is 376 g/mol. The van der Waals surface area contributed by atoms with Gasteiger partial charge in [-0.1, -0.05) is 48.9 Å². The molecular formula is C23H24N2O3. The number of hydrogen-bond donors (Lipinski definition) is 1. The van der Waals surface area contributed by atoms with Crippen molar-refractivity contribution in [2.24, 2.45) is 0 Å². The predicted octanol–water partition coefficient (Wildman–Crippen LogP) is 3.93. The Morgan fingerprint density at radius 2 is 1.82 bits per heavy atom. The smallest absolute Gasteiger partial charge is 0.339 e. The van der Waals surface area contributed by atoms with E-state index in [1.165, 1.54) is 0 Å². The van der Waals surface area contributed by atoms with E-state index in [0.29, 0.717) is 12.1 Å². The van der Waals surface area contributed by atoms with Crippen LogP contribution in [0.2, 0.25) is 0 Å². The molecule has 0 radical (unpaired) electrons. The largest absolute Gasteiger partial charge is 0.452 e. The van der Waals surface area contributed by atoms with Crippen molar-refractivity contribution in [3.8, 4) is 0 Å². The van der Waals surface area contributed by atoms with E-state index in [-0.39, 0.29) is 18.4 Å². The molecule has 0 aliphatic carbocycles. The standard InChI is InChI=1S/C23H24N2O3/c1-15-9-10-21-19(11-15)20(12-17(3)25-21)23(27)28-14-22(26)24-13-16(2)18-7-5-4-6-8-18/h4-12,16H,13-14H2,1-3H3,(H,24,26)/t16-/m1/s1. The Bertz CT molecular complexity index is 999. The average molecular weight is 376 g/mol. The van der Waals surface area contributed by atoms with E-state index in [9.17, 15) is 9.59 Å². The first-order valence-corrected chi connectivity index (χ1v) is 9.31. The molecule has 0 aliphatic rings. The predicted molar refractivity (Wildman–Crippen MR) is 109 cm³/mol. The SMILES string of the molecule is Cc1ccc2nc(C)cc(C(=O)OCC(=O)NC[C@@H](C)c3ccccc3)c2c1. The van der Waals surface area contributed by atoms with Gasteiger partial charge in [-0.25, -0.2) is 4.79 Å².